The minimum Gasteiger partial charge on any atom is -0.364 e. The molecule has 1 aliphatic heterocycles. The highest BCUT2D eigenvalue weighted by Crippen LogP contribution is 2.35. The lowest BCUT2D eigenvalue weighted by atomic mass is 10.00. The predicted octanol–water partition coefficient (Wildman–Crippen LogP) is 3.50. The molecule has 0 saturated carbocycles. The highest BCUT2D eigenvalue weighted by Gasteiger charge is 2.37. The number of nitrogens with zero attached hydrogens (tertiary/aromatic N) is 3. The Morgan fingerprint density at radius 2 is 2.11 bits per heavy atom. The topological polar surface area (TPSA) is 59.4 Å². The summed E-state index contributed by atoms with van der Waals surface area (Å²) in [7, 11) is 1.79. The van der Waals surface area contributed by atoms with Crippen LogP contribution in [0.2, 0.25) is 0 Å². The van der Waals surface area contributed by atoms with Gasteiger partial charge < -0.3 is 15.0 Å². The van der Waals surface area contributed by atoms with Crippen LogP contribution < -0.4 is 5.32 Å². The molecule has 0 aliphatic carbocycles. The van der Waals surface area contributed by atoms with Crippen LogP contribution in [-0.2, 0) is 24.5 Å². The zero-order valence-electron chi connectivity index (χ0n) is 16.0. The standard InChI is InChI=1S/C19H23F3N4O2/c1-18(2)12-26(17(27)23-10-15-7-8-25(3)24-15)11-16(28-18)13-5-4-6-14(9-13)19(20,21)22/h4-9,16H,10-12H2,1-3H3,(H,23,27). The van der Waals surface area contributed by atoms with Crippen molar-refractivity contribution in [3.8, 4) is 0 Å². The molecule has 1 atom stereocenters. The Kier molecular flexibility index (Phi) is 5.38. The molecule has 1 aromatic carbocycles. The molecule has 2 aromatic rings. The van der Waals surface area contributed by atoms with Crippen LogP contribution in [0.1, 0.15) is 36.8 Å². The van der Waals surface area contributed by atoms with Gasteiger partial charge >= 0.3 is 12.2 Å². The van der Waals surface area contributed by atoms with E-state index >= 15 is 0 Å². The first-order chi connectivity index (χ1) is 13.0. The van der Waals surface area contributed by atoms with Crippen LogP contribution in [0.15, 0.2) is 36.5 Å². The smallest absolute Gasteiger partial charge is 0.364 e. The van der Waals surface area contributed by atoms with Gasteiger partial charge in [-0.3, -0.25) is 4.68 Å². The second-order valence-electron chi connectivity index (χ2n) is 7.51. The summed E-state index contributed by atoms with van der Waals surface area (Å²) < 4.78 is 46.7. The molecule has 2 amide bonds. The van der Waals surface area contributed by atoms with Gasteiger partial charge in [0, 0.05) is 13.2 Å². The summed E-state index contributed by atoms with van der Waals surface area (Å²) in [5, 5.41) is 7.01. The van der Waals surface area contributed by atoms with Crippen LogP contribution in [0.3, 0.4) is 0 Å². The molecule has 152 valence electrons. The van der Waals surface area contributed by atoms with E-state index in [4.69, 9.17) is 4.74 Å². The number of rotatable bonds is 3. The van der Waals surface area contributed by atoms with Crippen molar-refractivity contribution in [2.45, 2.75) is 38.3 Å². The largest absolute Gasteiger partial charge is 0.416 e. The molecular formula is C19H23F3N4O2. The number of hydrogen-bond acceptors (Lipinski definition) is 3. The number of urea groups is 1. The number of nitrogens with one attached hydrogen (secondary N) is 1. The molecule has 1 fully saturated rings. The number of benzene rings is 1. The van der Waals surface area contributed by atoms with E-state index in [1.54, 1.807) is 35.0 Å². The summed E-state index contributed by atoms with van der Waals surface area (Å²) >= 11 is 0. The Morgan fingerprint density at radius 3 is 2.75 bits per heavy atom. The van der Waals surface area contributed by atoms with E-state index in [1.807, 2.05) is 13.8 Å². The number of halogens is 3. The van der Waals surface area contributed by atoms with Gasteiger partial charge in [-0.15, -0.1) is 0 Å². The van der Waals surface area contributed by atoms with Crippen LogP contribution in [0.5, 0.6) is 0 Å². The molecule has 1 aromatic heterocycles. The average Bonchev–Trinajstić information content (AvgIpc) is 3.03. The Morgan fingerprint density at radius 1 is 1.36 bits per heavy atom. The SMILES string of the molecule is Cn1ccc(CNC(=O)N2CC(c3cccc(C(F)(F)F)c3)OC(C)(C)C2)n1. The summed E-state index contributed by atoms with van der Waals surface area (Å²) in [5.41, 5.74) is -0.314. The number of amides is 2. The van der Waals surface area contributed by atoms with Gasteiger partial charge in [0.1, 0.15) is 6.10 Å². The number of carbonyl (C=O) groups excluding carboxylic acids is 1. The Balaban J connectivity index is 1.73. The van der Waals surface area contributed by atoms with Gasteiger partial charge in [0.05, 0.1) is 36.5 Å². The molecule has 28 heavy (non-hydrogen) atoms. The number of hydrogen-bond donors (Lipinski definition) is 1. The first-order valence-corrected chi connectivity index (χ1v) is 8.90. The third-order valence-corrected chi connectivity index (χ3v) is 4.48. The molecule has 1 aliphatic rings. The van der Waals surface area contributed by atoms with E-state index in [9.17, 15) is 18.0 Å². The molecule has 1 saturated heterocycles. The molecule has 1 N–H and O–H groups in total. The normalized spacial score (nSPS) is 19.5. The third-order valence-electron chi connectivity index (χ3n) is 4.48. The lowest BCUT2D eigenvalue weighted by Crippen LogP contribution is -2.54. The van der Waals surface area contributed by atoms with Crippen molar-refractivity contribution in [2.24, 2.45) is 7.05 Å². The zero-order chi connectivity index (χ0) is 20.5. The second-order valence-corrected chi connectivity index (χ2v) is 7.51. The number of carbonyl (C=O) groups is 1. The molecule has 0 spiro atoms. The first kappa shape index (κ1) is 20.2. The summed E-state index contributed by atoms with van der Waals surface area (Å²) in [6.45, 7) is 4.39. The van der Waals surface area contributed by atoms with E-state index < -0.39 is 23.4 Å². The molecule has 1 unspecified atom stereocenters. The van der Waals surface area contributed by atoms with Gasteiger partial charge in [0.15, 0.2) is 0 Å². The fourth-order valence-corrected chi connectivity index (χ4v) is 3.26. The van der Waals surface area contributed by atoms with Crippen LogP contribution >= 0.6 is 0 Å². The summed E-state index contributed by atoms with van der Waals surface area (Å²) in [6, 6.07) is 6.54. The van der Waals surface area contributed by atoms with E-state index in [-0.39, 0.29) is 19.1 Å². The van der Waals surface area contributed by atoms with E-state index in [0.717, 1.165) is 17.8 Å². The Hall–Kier alpha value is -2.55. The minimum atomic E-state index is -4.43. The molecule has 3 rings (SSSR count). The van der Waals surface area contributed by atoms with Crippen molar-refractivity contribution < 1.29 is 22.7 Å². The lowest BCUT2D eigenvalue weighted by molar-refractivity contribution is -0.138. The minimum absolute atomic E-state index is 0.165. The summed E-state index contributed by atoms with van der Waals surface area (Å²) in [4.78, 5) is 14.2. The predicted molar refractivity (Wildman–Crippen MR) is 96.4 cm³/mol. The second kappa shape index (κ2) is 7.46. The van der Waals surface area contributed by atoms with Crippen LogP contribution in [0.25, 0.3) is 0 Å². The quantitative estimate of drug-likeness (QED) is 0.864. The van der Waals surface area contributed by atoms with E-state index in [0.29, 0.717) is 12.1 Å². The first-order valence-electron chi connectivity index (χ1n) is 8.90. The molecule has 0 radical (unpaired) electrons. The van der Waals surface area contributed by atoms with E-state index in [1.165, 1.54) is 6.07 Å². The van der Waals surface area contributed by atoms with Crippen molar-refractivity contribution >= 4 is 6.03 Å². The van der Waals surface area contributed by atoms with E-state index in [2.05, 4.69) is 10.4 Å². The molecular weight excluding hydrogens is 373 g/mol. The third kappa shape index (κ3) is 4.83. The molecule has 2 heterocycles. The fourth-order valence-electron chi connectivity index (χ4n) is 3.26. The lowest BCUT2D eigenvalue weighted by Gasteiger charge is -2.43. The van der Waals surface area contributed by atoms with Crippen LogP contribution in [0, 0.1) is 0 Å². The van der Waals surface area contributed by atoms with Gasteiger partial charge in [-0.1, -0.05) is 12.1 Å². The van der Waals surface area contributed by atoms with Gasteiger partial charge in [-0.25, -0.2) is 4.79 Å². The van der Waals surface area contributed by atoms with Crippen molar-refractivity contribution in [1.82, 2.24) is 20.0 Å². The van der Waals surface area contributed by atoms with Gasteiger partial charge in [-0.2, -0.15) is 18.3 Å². The maximum atomic E-state index is 13.0. The molecule has 0 bridgehead atoms. The van der Waals surface area contributed by atoms with Gasteiger partial charge in [-0.05, 0) is 37.6 Å². The Bertz CT molecular complexity index is 848. The zero-order valence-corrected chi connectivity index (χ0v) is 16.0. The maximum Gasteiger partial charge on any atom is 0.416 e. The Labute approximate surface area is 161 Å². The fraction of sp³-hybridized carbons (Fsp3) is 0.474. The maximum absolute atomic E-state index is 13.0. The van der Waals surface area contributed by atoms with Crippen molar-refractivity contribution in [1.29, 1.82) is 0 Å². The number of aromatic nitrogens is 2. The molecule has 6 nitrogen and oxygen atoms in total. The summed E-state index contributed by atoms with van der Waals surface area (Å²) in [5.74, 6) is 0. The number of aryl methyl sites for hydroxylation is 1. The van der Waals surface area contributed by atoms with Crippen LogP contribution in [0.4, 0.5) is 18.0 Å². The highest BCUT2D eigenvalue weighted by molar-refractivity contribution is 5.74. The summed E-state index contributed by atoms with van der Waals surface area (Å²) in [6.07, 6.45) is -3.30. The average molecular weight is 396 g/mol. The van der Waals surface area contributed by atoms with Crippen molar-refractivity contribution in [3.63, 3.8) is 0 Å². The van der Waals surface area contributed by atoms with Crippen molar-refractivity contribution in [3.05, 3.63) is 53.3 Å². The number of ether oxygens (including phenoxy) is 1. The van der Waals surface area contributed by atoms with Gasteiger partial charge in [0.2, 0.25) is 0 Å². The monoisotopic (exact) mass is 396 g/mol. The number of morpholine rings is 1. The van der Waals surface area contributed by atoms with Crippen molar-refractivity contribution in [2.75, 3.05) is 13.1 Å². The highest BCUT2D eigenvalue weighted by atomic mass is 19.4. The van der Waals surface area contributed by atoms with Crippen LogP contribution in [-0.4, -0.2) is 39.4 Å². The molecule has 9 heteroatoms. The van der Waals surface area contributed by atoms with Gasteiger partial charge in [0.25, 0.3) is 0 Å². The number of alkyl halides is 3.